The molecule has 1 N–H and O–H groups in total. The average Bonchev–Trinajstić information content (AvgIpc) is 2.64. The van der Waals surface area contributed by atoms with E-state index in [1.165, 1.54) is 5.56 Å². The highest BCUT2D eigenvalue weighted by atomic mass is 127. The van der Waals surface area contributed by atoms with Crippen LogP contribution in [-0.2, 0) is 4.74 Å². The molecule has 140 valence electrons. The van der Waals surface area contributed by atoms with Gasteiger partial charge in [0.25, 0.3) is 0 Å². The molecule has 1 aliphatic heterocycles. The van der Waals surface area contributed by atoms with Crippen molar-refractivity contribution >= 4 is 36.0 Å². The third-order valence-electron chi connectivity index (χ3n) is 4.09. The largest absolute Gasteiger partial charge is 0.380 e. The summed E-state index contributed by atoms with van der Waals surface area (Å²) in [6, 6.07) is 10.5. The summed E-state index contributed by atoms with van der Waals surface area (Å²) in [5.41, 5.74) is 1.26. The van der Waals surface area contributed by atoms with E-state index in [0.29, 0.717) is 0 Å². The van der Waals surface area contributed by atoms with Crippen LogP contribution in [0.15, 0.2) is 41.4 Å². The fraction of sp³-hybridized carbons (Fsp3) is 0.526. The van der Waals surface area contributed by atoms with Crippen molar-refractivity contribution in [2.24, 2.45) is 4.99 Å². The van der Waals surface area contributed by atoms with Crippen LogP contribution in [0.5, 0.6) is 0 Å². The van der Waals surface area contributed by atoms with Crippen LogP contribution < -0.4 is 5.32 Å². The smallest absolute Gasteiger partial charge is 0.193 e. The lowest BCUT2D eigenvalue weighted by Gasteiger charge is -2.36. The average molecular weight is 458 g/mol. The predicted molar refractivity (Wildman–Crippen MR) is 117 cm³/mol. The molecule has 6 heteroatoms. The van der Waals surface area contributed by atoms with E-state index in [4.69, 9.17) is 4.74 Å². The van der Waals surface area contributed by atoms with Crippen LogP contribution in [-0.4, -0.2) is 75.3 Å². The Morgan fingerprint density at radius 3 is 2.56 bits per heavy atom. The van der Waals surface area contributed by atoms with Crippen LogP contribution in [0.3, 0.4) is 0 Å². The quantitative estimate of drug-likeness (QED) is 0.295. The maximum absolute atomic E-state index is 5.36. The summed E-state index contributed by atoms with van der Waals surface area (Å²) in [6.45, 7) is 9.44. The van der Waals surface area contributed by atoms with E-state index >= 15 is 0 Å². The van der Waals surface area contributed by atoms with E-state index in [-0.39, 0.29) is 24.0 Å². The molecule has 0 aliphatic carbocycles. The Labute approximate surface area is 169 Å². The van der Waals surface area contributed by atoms with Crippen molar-refractivity contribution in [1.29, 1.82) is 0 Å². The molecule has 0 atom stereocenters. The van der Waals surface area contributed by atoms with Crippen molar-refractivity contribution in [3.8, 4) is 0 Å². The van der Waals surface area contributed by atoms with E-state index in [0.717, 1.165) is 58.4 Å². The minimum Gasteiger partial charge on any atom is -0.380 e. The molecule has 0 amide bonds. The van der Waals surface area contributed by atoms with Crippen LogP contribution in [0.25, 0.3) is 6.08 Å². The van der Waals surface area contributed by atoms with Crippen LogP contribution >= 0.6 is 24.0 Å². The zero-order chi connectivity index (χ0) is 17.0. The minimum atomic E-state index is 0. The van der Waals surface area contributed by atoms with Gasteiger partial charge >= 0.3 is 0 Å². The number of guanidine groups is 1. The Morgan fingerprint density at radius 1 is 1.20 bits per heavy atom. The number of ether oxygens (including phenoxy) is 1. The van der Waals surface area contributed by atoms with E-state index in [1.807, 2.05) is 20.0 Å². The summed E-state index contributed by atoms with van der Waals surface area (Å²) in [5, 5.41) is 3.37. The van der Waals surface area contributed by atoms with Gasteiger partial charge < -0.3 is 15.0 Å². The predicted octanol–water partition coefficient (Wildman–Crippen LogP) is 2.55. The molecule has 1 aromatic rings. The standard InChI is InChI=1S/C19H30N4O.HI/c1-3-24-17-11-21-19(20-2)23-15-13-22(14-16-23)12-7-10-18-8-5-4-6-9-18;/h4-10H,3,11-17H2,1-2H3,(H,20,21);1H. The van der Waals surface area contributed by atoms with Crippen molar-refractivity contribution < 1.29 is 4.74 Å². The third-order valence-corrected chi connectivity index (χ3v) is 4.09. The molecule has 0 saturated carbocycles. The highest BCUT2D eigenvalue weighted by molar-refractivity contribution is 14.0. The van der Waals surface area contributed by atoms with Gasteiger partial charge in [-0.15, -0.1) is 24.0 Å². The van der Waals surface area contributed by atoms with Gasteiger partial charge in [-0.25, -0.2) is 0 Å². The zero-order valence-corrected chi connectivity index (χ0v) is 17.7. The summed E-state index contributed by atoms with van der Waals surface area (Å²) in [7, 11) is 1.85. The number of benzene rings is 1. The first-order chi connectivity index (χ1) is 11.8. The molecule has 1 aromatic carbocycles. The maximum atomic E-state index is 5.36. The summed E-state index contributed by atoms with van der Waals surface area (Å²) >= 11 is 0. The lowest BCUT2D eigenvalue weighted by Crippen LogP contribution is -2.52. The van der Waals surface area contributed by atoms with Gasteiger partial charge in [0.15, 0.2) is 5.96 Å². The number of nitrogens with zero attached hydrogens (tertiary/aromatic N) is 3. The Morgan fingerprint density at radius 2 is 1.92 bits per heavy atom. The van der Waals surface area contributed by atoms with Gasteiger partial charge in [-0.3, -0.25) is 9.89 Å². The fourth-order valence-corrected chi connectivity index (χ4v) is 2.76. The van der Waals surface area contributed by atoms with E-state index in [2.05, 4.69) is 56.5 Å². The van der Waals surface area contributed by atoms with Crippen LogP contribution in [0.1, 0.15) is 12.5 Å². The normalized spacial score (nSPS) is 16.1. The van der Waals surface area contributed by atoms with Gasteiger partial charge in [-0.2, -0.15) is 0 Å². The molecule has 1 aliphatic rings. The number of piperazine rings is 1. The first-order valence-corrected chi connectivity index (χ1v) is 8.80. The molecule has 0 unspecified atom stereocenters. The zero-order valence-electron chi connectivity index (χ0n) is 15.4. The number of aliphatic imine (C=N–C) groups is 1. The SMILES string of the molecule is CCOCCNC(=NC)N1CCN(CC=Cc2ccccc2)CC1.I. The van der Waals surface area contributed by atoms with E-state index < -0.39 is 0 Å². The number of rotatable bonds is 7. The van der Waals surface area contributed by atoms with Crippen LogP contribution in [0.4, 0.5) is 0 Å². The number of nitrogens with one attached hydrogen (secondary N) is 1. The highest BCUT2D eigenvalue weighted by Gasteiger charge is 2.18. The number of halogens is 1. The Hall–Kier alpha value is -1.12. The van der Waals surface area contributed by atoms with Gasteiger partial charge in [-0.05, 0) is 12.5 Å². The van der Waals surface area contributed by atoms with Crippen LogP contribution in [0, 0.1) is 0 Å². The topological polar surface area (TPSA) is 40.1 Å². The summed E-state index contributed by atoms with van der Waals surface area (Å²) in [6.07, 6.45) is 4.45. The van der Waals surface area contributed by atoms with E-state index in [9.17, 15) is 0 Å². The molecule has 0 aromatic heterocycles. The Bertz CT molecular complexity index is 513. The summed E-state index contributed by atoms with van der Waals surface area (Å²) in [4.78, 5) is 9.18. The molecule has 25 heavy (non-hydrogen) atoms. The first-order valence-electron chi connectivity index (χ1n) is 8.80. The summed E-state index contributed by atoms with van der Waals surface area (Å²) < 4.78 is 5.36. The second kappa shape index (κ2) is 13.1. The summed E-state index contributed by atoms with van der Waals surface area (Å²) in [5.74, 6) is 0.981. The van der Waals surface area contributed by atoms with Crippen molar-refractivity contribution in [2.75, 3.05) is 59.5 Å². The molecular weight excluding hydrogens is 427 g/mol. The molecule has 0 radical (unpaired) electrons. The lowest BCUT2D eigenvalue weighted by atomic mass is 10.2. The van der Waals surface area contributed by atoms with Gasteiger partial charge in [0, 0.05) is 52.9 Å². The van der Waals surface area contributed by atoms with Crippen molar-refractivity contribution in [3.05, 3.63) is 42.0 Å². The first kappa shape index (κ1) is 21.9. The maximum Gasteiger partial charge on any atom is 0.193 e. The van der Waals surface area contributed by atoms with Crippen molar-refractivity contribution in [3.63, 3.8) is 0 Å². The highest BCUT2D eigenvalue weighted by Crippen LogP contribution is 2.05. The van der Waals surface area contributed by atoms with E-state index in [1.54, 1.807) is 0 Å². The second-order valence-electron chi connectivity index (χ2n) is 5.77. The van der Waals surface area contributed by atoms with Crippen LogP contribution in [0.2, 0.25) is 0 Å². The fourth-order valence-electron chi connectivity index (χ4n) is 2.76. The van der Waals surface area contributed by atoms with Gasteiger partial charge in [-0.1, -0.05) is 42.5 Å². The second-order valence-corrected chi connectivity index (χ2v) is 5.77. The Kier molecular flexibility index (Phi) is 11.5. The number of hydrogen-bond donors (Lipinski definition) is 1. The monoisotopic (exact) mass is 458 g/mol. The molecule has 2 rings (SSSR count). The minimum absolute atomic E-state index is 0. The molecule has 0 spiro atoms. The number of hydrogen-bond acceptors (Lipinski definition) is 3. The van der Waals surface area contributed by atoms with Gasteiger partial charge in [0.1, 0.15) is 0 Å². The molecule has 1 fully saturated rings. The lowest BCUT2D eigenvalue weighted by molar-refractivity contribution is 0.150. The molecular formula is C19H31IN4O. The van der Waals surface area contributed by atoms with Gasteiger partial charge in [0.2, 0.25) is 0 Å². The van der Waals surface area contributed by atoms with Gasteiger partial charge in [0.05, 0.1) is 6.61 Å². The Balaban J connectivity index is 0.00000312. The third kappa shape index (κ3) is 8.20. The van der Waals surface area contributed by atoms with Crippen molar-refractivity contribution in [2.45, 2.75) is 6.92 Å². The molecule has 1 heterocycles. The molecule has 0 bridgehead atoms. The molecule has 5 nitrogen and oxygen atoms in total. The van der Waals surface area contributed by atoms with Crippen molar-refractivity contribution in [1.82, 2.24) is 15.1 Å². The molecule has 1 saturated heterocycles.